The number of allylic oxidation sites excluding steroid dienone is 3. The molecule has 1 aromatic heterocycles. The molecule has 0 bridgehead atoms. The topological polar surface area (TPSA) is 198 Å². The third-order valence-corrected chi connectivity index (χ3v) is 8.99. The smallest absolute Gasteiger partial charge is 0.280 e. The van der Waals surface area contributed by atoms with Crippen LogP contribution in [0.5, 0.6) is 0 Å². The van der Waals surface area contributed by atoms with Gasteiger partial charge in [-0.15, -0.1) is 0 Å². The number of nitrogens with two attached hydrogens (primary N) is 2. The number of hydrogen-bond acceptors (Lipinski definition) is 10. The van der Waals surface area contributed by atoms with Crippen LogP contribution in [0.25, 0.3) is 0 Å². The van der Waals surface area contributed by atoms with Crippen LogP contribution in [0, 0.1) is 0 Å². The van der Waals surface area contributed by atoms with Gasteiger partial charge in [0.1, 0.15) is 0 Å². The SMILES string of the molecule is C=C/C=C(\C=C/C)C(C)NS(=O)(=O)c1cccc(C(=O)N2CCC3(CC2)CN=C(NC(=O)c2nc(Cl)c(N)nc2N)N3)c1. The van der Waals surface area contributed by atoms with Crippen molar-refractivity contribution in [2.24, 2.45) is 4.99 Å². The molecule has 4 rings (SSSR count). The minimum absolute atomic E-state index is 0.00364. The first-order chi connectivity index (χ1) is 20.4. The molecule has 3 heterocycles. The van der Waals surface area contributed by atoms with E-state index in [-0.39, 0.29) is 44.8 Å². The fraction of sp³-hybridized carbons (Fsp3) is 0.321. The van der Waals surface area contributed by atoms with Gasteiger partial charge in [-0.2, -0.15) is 0 Å². The van der Waals surface area contributed by atoms with E-state index >= 15 is 0 Å². The van der Waals surface area contributed by atoms with Crippen LogP contribution in [0.4, 0.5) is 11.6 Å². The van der Waals surface area contributed by atoms with Crippen molar-refractivity contribution in [1.29, 1.82) is 0 Å². The van der Waals surface area contributed by atoms with Gasteiger partial charge in [0, 0.05) is 24.7 Å². The maximum Gasteiger partial charge on any atom is 0.280 e. The third kappa shape index (κ3) is 7.21. The van der Waals surface area contributed by atoms with Crippen LogP contribution in [-0.2, 0) is 10.0 Å². The highest BCUT2D eigenvalue weighted by Gasteiger charge is 2.40. The summed E-state index contributed by atoms with van der Waals surface area (Å²) >= 11 is 5.88. The number of likely N-dealkylation sites (tertiary alicyclic amines) is 1. The molecule has 1 saturated heterocycles. The lowest BCUT2D eigenvalue weighted by atomic mass is 9.88. The van der Waals surface area contributed by atoms with E-state index in [9.17, 15) is 18.0 Å². The Hall–Kier alpha value is -4.27. The first kappa shape index (κ1) is 31.7. The number of anilines is 2. The van der Waals surface area contributed by atoms with Gasteiger partial charge in [0.25, 0.3) is 11.8 Å². The summed E-state index contributed by atoms with van der Waals surface area (Å²) in [6.45, 7) is 8.45. The van der Waals surface area contributed by atoms with Gasteiger partial charge in [-0.1, -0.05) is 48.6 Å². The van der Waals surface area contributed by atoms with Crippen LogP contribution in [0.1, 0.15) is 47.5 Å². The number of sulfonamides is 1. The quantitative estimate of drug-likeness (QED) is 0.272. The Kier molecular flexibility index (Phi) is 9.52. The van der Waals surface area contributed by atoms with Crippen molar-refractivity contribution < 1.29 is 18.0 Å². The molecule has 0 radical (unpaired) electrons. The Balaban J connectivity index is 1.36. The lowest BCUT2D eigenvalue weighted by Gasteiger charge is -2.39. The molecule has 0 saturated carbocycles. The number of guanidine groups is 1. The molecular weight excluding hydrogens is 594 g/mol. The lowest BCUT2D eigenvalue weighted by Crippen LogP contribution is -2.57. The number of carbonyl (C=O) groups is 2. The molecule has 2 amide bonds. The molecule has 0 aliphatic carbocycles. The number of nitrogens with one attached hydrogen (secondary N) is 3. The van der Waals surface area contributed by atoms with Crippen molar-refractivity contribution in [2.45, 2.75) is 43.2 Å². The number of nitrogen functional groups attached to an aromatic ring is 2. The number of rotatable bonds is 8. The number of halogens is 1. The maximum atomic E-state index is 13.4. The van der Waals surface area contributed by atoms with Gasteiger partial charge >= 0.3 is 0 Å². The van der Waals surface area contributed by atoms with Crippen molar-refractivity contribution in [3.05, 3.63) is 77.1 Å². The number of carbonyl (C=O) groups excluding carboxylic acids is 2. The Morgan fingerprint density at radius 1 is 1.21 bits per heavy atom. The number of hydrogen-bond donors (Lipinski definition) is 5. The molecule has 1 atom stereocenters. The van der Waals surface area contributed by atoms with E-state index in [0.29, 0.717) is 32.5 Å². The summed E-state index contributed by atoms with van der Waals surface area (Å²) < 4.78 is 28.9. The first-order valence-corrected chi connectivity index (χ1v) is 15.3. The summed E-state index contributed by atoms with van der Waals surface area (Å²) in [6, 6.07) is 5.48. The molecule has 43 heavy (non-hydrogen) atoms. The number of benzene rings is 1. The second kappa shape index (κ2) is 12.9. The fourth-order valence-corrected chi connectivity index (χ4v) is 6.25. The van der Waals surface area contributed by atoms with Gasteiger partial charge in [-0.25, -0.2) is 23.1 Å². The second-order valence-corrected chi connectivity index (χ2v) is 12.3. The van der Waals surface area contributed by atoms with Gasteiger partial charge in [0.2, 0.25) is 10.0 Å². The average Bonchev–Trinajstić information content (AvgIpc) is 3.36. The number of aromatic nitrogens is 2. The normalized spacial score (nSPS) is 17.4. The predicted molar refractivity (Wildman–Crippen MR) is 166 cm³/mol. The molecule has 228 valence electrons. The molecule has 1 spiro atoms. The van der Waals surface area contributed by atoms with Crippen LogP contribution in [0.3, 0.4) is 0 Å². The van der Waals surface area contributed by atoms with Crippen molar-refractivity contribution in [3.63, 3.8) is 0 Å². The molecule has 1 aromatic carbocycles. The van der Waals surface area contributed by atoms with E-state index in [2.05, 4.69) is 36.9 Å². The highest BCUT2D eigenvalue weighted by molar-refractivity contribution is 7.89. The average molecular weight is 628 g/mol. The van der Waals surface area contributed by atoms with E-state index in [0.717, 1.165) is 5.57 Å². The monoisotopic (exact) mass is 627 g/mol. The van der Waals surface area contributed by atoms with Gasteiger partial charge < -0.3 is 21.7 Å². The zero-order valence-electron chi connectivity index (χ0n) is 23.8. The zero-order chi connectivity index (χ0) is 31.4. The van der Waals surface area contributed by atoms with E-state index in [1.807, 2.05) is 13.0 Å². The highest BCUT2D eigenvalue weighted by Crippen LogP contribution is 2.27. The van der Waals surface area contributed by atoms with E-state index in [1.54, 1.807) is 42.2 Å². The van der Waals surface area contributed by atoms with Gasteiger partial charge in [0.05, 0.1) is 17.0 Å². The molecule has 7 N–H and O–H groups in total. The molecule has 2 aromatic rings. The van der Waals surface area contributed by atoms with Crippen molar-refractivity contribution in [1.82, 2.24) is 30.2 Å². The van der Waals surface area contributed by atoms with Gasteiger partial charge in [-0.05, 0) is 50.5 Å². The van der Waals surface area contributed by atoms with Crippen molar-refractivity contribution >= 4 is 51.0 Å². The maximum absolute atomic E-state index is 13.4. The fourth-order valence-electron chi connectivity index (χ4n) is 4.85. The molecular formula is C28H34ClN9O4S. The van der Waals surface area contributed by atoms with Crippen LogP contribution < -0.4 is 26.8 Å². The Bertz CT molecular complexity index is 1630. The first-order valence-electron chi connectivity index (χ1n) is 13.5. The summed E-state index contributed by atoms with van der Waals surface area (Å²) in [4.78, 5) is 39.8. The second-order valence-electron chi connectivity index (χ2n) is 10.2. The van der Waals surface area contributed by atoms with E-state index in [4.69, 9.17) is 23.1 Å². The van der Waals surface area contributed by atoms with Crippen molar-refractivity contribution in [2.75, 3.05) is 31.1 Å². The predicted octanol–water partition coefficient (Wildman–Crippen LogP) is 2.01. The van der Waals surface area contributed by atoms with E-state index in [1.165, 1.54) is 12.1 Å². The largest absolute Gasteiger partial charge is 0.382 e. The summed E-state index contributed by atoms with van der Waals surface area (Å²) in [7, 11) is -3.91. The Morgan fingerprint density at radius 2 is 1.93 bits per heavy atom. The summed E-state index contributed by atoms with van der Waals surface area (Å²) in [6.07, 6.45) is 8.05. The van der Waals surface area contributed by atoms with E-state index < -0.39 is 27.5 Å². The summed E-state index contributed by atoms with van der Waals surface area (Å²) in [5.41, 5.74) is 11.7. The zero-order valence-corrected chi connectivity index (χ0v) is 25.4. The molecule has 1 unspecified atom stereocenters. The standard InChI is InChI=1S/C28H34ClN9O4S/c1-4-7-18(8-5-2)17(3)37-43(41,42)20-10-6-9-19(15-20)26(40)38-13-11-28(12-14-38)16-32-27(36-28)35-25(39)21-23(30)34-24(31)22(29)33-21/h4-10,15,17,37H,1,11-14,16H2,2-3H3,(H4,30,31,34)(H2,32,35,36,39)/b8-5-,18-7+. The highest BCUT2D eigenvalue weighted by atomic mass is 35.5. The van der Waals surface area contributed by atoms with Gasteiger partial charge in [-0.3, -0.25) is 19.9 Å². The molecule has 15 heteroatoms. The minimum atomic E-state index is -3.91. The molecule has 13 nitrogen and oxygen atoms in total. The molecule has 2 aliphatic heterocycles. The number of piperidine rings is 1. The Labute approximate surface area is 255 Å². The number of aliphatic imine (C=N–C) groups is 1. The lowest BCUT2D eigenvalue weighted by molar-refractivity contribution is 0.0668. The van der Waals surface area contributed by atoms with Crippen LogP contribution in [0.2, 0.25) is 5.15 Å². The van der Waals surface area contributed by atoms with Crippen LogP contribution >= 0.6 is 11.6 Å². The van der Waals surface area contributed by atoms with Gasteiger partial charge in [0.15, 0.2) is 28.4 Å². The van der Waals surface area contributed by atoms with Crippen LogP contribution in [-0.4, -0.2) is 72.3 Å². The third-order valence-electron chi connectivity index (χ3n) is 7.18. The molecule has 2 aliphatic rings. The minimum Gasteiger partial charge on any atom is -0.382 e. The van der Waals surface area contributed by atoms with Crippen LogP contribution in [0.15, 0.2) is 70.6 Å². The summed E-state index contributed by atoms with van der Waals surface area (Å²) in [5.74, 6) is -0.912. The van der Waals surface area contributed by atoms with Crippen molar-refractivity contribution in [3.8, 4) is 0 Å². The Morgan fingerprint density at radius 3 is 2.60 bits per heavy atom. The summed E-state index contributed by atoms with van der Waals surface area (Å²) in [5, 5.41) is 5.75. The number of nitrogens with zero attached hydrogens (tertiary/aromatic N) is 4. The molecule has 1 fully saturated rings. The number of amides is 2.